The molecule has 2 heteroatoms. The molecule has 1 nitrogen and oxygen atoms in total. The topological polar surface area (TPSA) is 14.1 Å². The van der Waals surface area contributed by atoms with E-state index in [0.29, 0.717) is 0 Å². The van der Waals surface area contributed by atoms with Crippen LogP contribution in [0.3, 0.4) is 0 Å². The fraction of sp³-hybridized carbons (Fsp3) is 0.737. The van der Waals surface area contributed by atoms with Gasteiger partial charge in [0, 0.05) is 12.1 Å². The maximum atomic E-state index is 3.08. The van der Waals surface area contributed by atoms with Gasteiger partial charge < -0.3 is 12.4 Å². The van der Waals surface area contributed by atoms with E-state index in [-0.39, 0.29) is 12.4 Å². The molecule has 0 spiro atoms. The van der Waals surface area contributed by atoms with Gasteiger partial charge in [0.15, 0.2) is 12.4 Å². The molecule has 0 aromatic carbocycles. The second-order valence-electron chi connectivity index (χ2n) is 6.05. The second kappa shape index (κ2) is 15.8. The van der Waals surface area contributed by atoms with Gasteiger partial charge in [0.2, 0.25) is 0 Å². The Labute approximate surface area is 138 Å². The molecule has 21 heavy (non-hydrogen) atoms. The Morgan fingerprint density at radius 2 is 1.10 bits per heavy atom. The maximum Gasteiger partial charge on any atom is 0.167 e. The monoisotopic (exact) mass is 311 g/mol. The van der Waals surface area contributed by atoms with Crippen molar-refractivity contribution in [3.63, 3.8) is 0 Å². The summed E-state index contributed by atoms with van der Waals surface area (Å²) in [4.78, 5) is 3.08. The lowest BCUT2D eigenvalue weighted by Crippen LogP contribution is -3.00. The third kappa shape index (κ3) is 12.9. The number of hydrogen-bond acceptors (Lipinski definition) is 0. The molecule has 1 rings (SSSR count). The van der Waals surface area contributed by atoms with E-state index < -0.39 is 0 Å². The van der Waals surface area contributed by atoms with Crippen LogP contribution in [0, 0.1) is 0 Å². The Morgan fingerprint density at radius 3 is 1.57 bits per heavy atom. The van der Waals surface area contributed by atoms with Crippen molar-refractivity contribution < 1.29 is 17.4 Å². The van der Waals surface area contributed by atoms with Gasteiger partial charge in [-0.1, -0.05) is 77.6 Å². The van der Waals surface area contributed by atoms with Gasteiger partial charge in [0.25, 0.3) is 0 Å². The first-order chi connectivity index (χ1) is 9.93. The molecule has 0 bridgehead atoms. The fourth-order valence-electron chi connectivity index (χ4n) is 2.76. The molecule has 0 aliphatic carbocycles. The van der Waals surface area contributed by atoms with E-state index in [4.69, 9.17) is 0 Å². The van der Waals surface area contributed by atoms with Gasteiger partial charge >= 0.3 is 0 Å². The molecule has 0 amide bonds. The third-order valence-corrected chi connectivity index (χ3v) is 4.11. The average Bonchev–Trinajstić information content (AvgIpc) is 2.49. The molecule has 0 saturated carbocycles. The summed E-state index contributed by atoms with van der Waals surface area (Å²) in [5.74, 6) is 0. The third-order valence-electron chi connectivity index (χ3n) is 4.11. The van der Waals surface area contributed by atoms with Crippen molar-refractivity contribution in [2.24, 2.45) is 0 Å². The van der Waals surface area contributed by atoms with E-state index in [1.165, 1.54) is 89.0 Å². The first-order valence-corrected chi connectivity index (χ1v) is 8.88. The van der Waals surface area contributed by atoms with Crippen LogP contribution in [0.15, 0.2) is 24.5 Å². The van der Waals surface area contributed by atoms with E-state index in [1.54, 1.807) is 0 Å². The smallest absolute Gasteiger partial charge is 0.167 e. The Balaban J connectivity index is 0.00000400. The van der Waals surface area contributed by atoms with E-state index >= 15 is 0 Å². The summed E-state index contributed by atoms with van der Waals surface area (Å²) >= 11 is 0. The molecule has 0 aliphatic heterocycles. The van der Waals surface area contributed by atoms with Crippen molar-refractivity contribution in [1.82, 2.24) is 0 Å². The number of H-pyrrole nitrogens is 1. The van der Waals surface area contributed by atoms with Gasteiger partial charge in [0.1, 0.15) is 0 Å². The SMILES string of the molecule is CCCCCCCCCCCCCCc1cc[nH+]cc1.[Cl-]. The molecule has 0 fully saturated rings. The van der Waals surface area contributed by atoms with Gasteiger partial charge in [-0.25, -0.2) is 4.98 Å². The quantitative estimate of drug-likeness (QED) is 0.497. The minimum atomic E-state index is 0. The zero-order chi connectivity index (χ0) is 14.3. The van der Waals surface area contributed by atoms with Gasteiger partial charge in [0.05, 0.1) is 0 Å². The number of rotatable bonds is 13. The highest BCUT2D eigenvalue weighted by Crippen LogP contribution is 2.12. The molecule has 0 atom stereocenters. The molecular formula is C19H34ClN. The molecule has 0 saturated heterocycles. The zero-order valence-electron chi connectivity index (χ0n) is 13.9. The van der Waals surface area contributed by atoms with Crippen molar-refractivity contribution in [1.29, 1.82) is 0 Å². The largest absolute Gasteiger partial charge is 1.00 e. The highest BCUT2D eigenvalue weighted by molar-refractivity contribution is 5.06. The van der Waals surface area contributed by atoms with Crippen LogP contribution < -0.4 is 17.4 Å². The van der Waals surface area contributed by atoms with Gasteiger partial charge in [-0.3, -0.25) is 0 Å². The Bertz CT molecular complexity index is 300. The zero-order valence-corrected chi connectivity index (χ0v) is 14.6. The lowest BCUT2D eigenvalue weighted by molar-refractivity contribution is -0.378. The number of halogens is 1. The van der Waals surface area contributed by atoms with Crippen molar-refractivity contribution >= 4 is 0 Å². The van der Waals surface area contributed by atoms with E-state index in [0.717, 1.165) is 0 Å². The maximum absolute atomic E-state index is 3.08. The van der Waals surface area contributed by atoms with E-state index in [9.17, 15) is 0 Å². The Kier molecular flexibility index (Phi) is 15.4. The van der Waals surface area contributed by atoms with Crippen LogP contribution >= 0.6 is 0 Å². The summed E-state index contributed by atoms with van der Waals surface area (Å²) in [6.07, 6.45) is 22.4. The molecule has 0 aliphatic rings. The van der Waals surface area contributed by atoms with Crippen molar-refractivity contribution in [3.8, 4) is 0 Å². The van der Waals surface area contributed by atoms with Crippen molar-refractivity contribution in [3.05, 3.63) is 30.1 Å². The average molecular weight is 312 g/mol. The first-order valence-electron chi connectivity index (χ1n) is 8.88. The molecule has 1 aromatic heterocycles. The molecule has 0 radical (unpaired) electrons. The summed E-state index contributed by atoms with van der Waals surface area (Å²) in [5.41, 5.74) is 1.47. The summed E-state index contributed by atoms with van der Waals surface area (Å²) < 4.78 is 0. The number of unbranched alkanes of at least 4 members (excludes halogenated alkanes) is 11. The summed E-state index contributed by atoms with van der Waals surface area (Å²) in [5, 5.41) is 0. The number of nitrogens with one attached hydrogen (secondary N) is 1. The van der Waals surface area contributed by atoms with Gasteiger partial charge in [-0.2, -0.15) is 0 Å². The van der Waals surface area contributed by atoms with Crippen LogP contribution in [0.5, 0.6) is 0 Å². The standard InChI is InChI=1S/C19H33N.ClH/c1-2-3-4-5-6-7-8-9-10-11-12-13-14-19-15-17-20-18-16-19;/h15-18H,2-14H2,1H3;1H. The number of aromatic amines is 1. The molecule has 1 N–H and O–H groups in total. The minimum Gasteiger partial charge on any atom is -1.00 e. The van der Waals surface area contributed by atoms with Crippen molar-refractivity contribution in [2.75, 3.05) is 0 Å². The number of aromatic nitrogens is 1. The number of pyridine rings is 1. The van der Waals surface area contributed by atoms with Gasteiger partial charge in [-0.05, 0) is 18.4 Å². The summed E-state index contributed by atoms with van der Waals surface area (Å²) in [6.45, 7) is 2.29. The van der Waals surface area contributed by atoms with Crippen LogP contribution in [-0.2, 0) is 6.42 Å². The predicted molar refractivity (Wildman–Crippen MR) is 87.8 cm³/mol. The molecule has 122 valence electrons. The fourth-order valence-corrected chi connectivity index (χ4v) is 2.76. The Morgan fingerprint density at radius 1 is 0.667 bits per heavy atom. The van der Waals surface area contributed by atoms with Crippen LogP contribution in [0.25, 0.3) is 0 Å². The van der Waals surface area contributed by atoms with Crippen LogP contribution in [0.4, 0.5) is 0 Å². The Hall–Kier alpha value is -0.560. The first kappa shape index (κ1) is 20.4. The predicted octanol–water partition coefficient (Wildman–Crippen LogP) is 2.75. The summed E-state index contributed by atoms with van der Waals surface area (Å²) in [6, 6.07) is 4.39. The van der Waals surface area contributed by atoms with Crippen LogP contribution in [-0.4, -0.2) is 0 Å². The van der Waals surface area contributed by atoms with Crippen molar-refractivity contribution in [2.45, 2.75) is 90.4 Å². The van der Waals surface area contributed by atoms with E-state index in [1.807, 2.05) is 12.4 Å². The van der Waals surface area contributed by atoms with Crippen LogP contribution in [0.2, 0.25) is 0 Å². The highest BCUT2D eigenvalue weighted by atomic mass is 35.5. The normalized spacial score (nSPS) is 10.3. The molecule has 0 unspecified atom stereocenters. The number of hydrogen-bond donors (Lipinski definition) is 0. The minimum absolute atomic E-state index is 0. The molecule has 1 aromatic rings. The van der Waals surface area contributed by atoms with Crippen LogP contribution in [0.1, 0.15) is 89.5 Å². The summed E-state index contributed by atoms with van der Waals surface area (Å²) in [7, 11) is 0. The van der Waals surface area contributed by atoms with E-state index in [2.05, 4.69) is 24.0 Å². The molecular weight excluding hydrogens is 278 g/mol. The molecule has 1 heterocycles. The number of aryl methyl sites for hydroxylation is 1. The lowest BCUT2D eigenvalue weighted by Gasteiger charge is -2.03. The lowest BCUT2D eigenvalue weighted by atomic mass is 10.0. The van der Waals surface area contributed by atoms with Gasteiger partial charge in [-0.15, -0.1) is 0 Å². The second-order valence-corrected chi connectivity index (χ2v) is 6.05. The highest BCUT2D eigenvalue weighted by Gasteiger charge is 1.95.